The number of rotatable bonds is 6. The summed E-state index contributed by atoms with van der Waals surface area (Å²) in [6.07, 6.45) is 0. The molecule has 2 aromatic carbocycles. The van der Waals surface area contributed by atoms with Gasteiger partial charge in [-0.05, 0) is 42.8 Å². The lowest BCUT2D eigenvalue weighted by Gasteiger charge is -2.11. The van der Waals surface area contributed by atoms with Crippen molar-refractivity contribution in [1.82, 2.24) is 0 Å². The monoisotopic (exact) mass is 435 g/mol. The van der Waals surface area contributed by atoms with Crippen LogP contribution in [-0.2, 0) is 14.3 Å². The Morgan fingerprint density at radius 1 is 0.962 bits per heavy atom. The van der Waals surface area contributed by atoms with Gasteiger partial charge in [0, 0.05) is 10.0 Å². The molecule has 0 aromatic heterocycles. The van der Waals surface area contributed by atoms with Crippen LogP contribution in [0.2, 0.25) is 20.1 Å². The Hall–Kier alpha value is -1.66. The fourth-order valence-electron chi connectivity index (χ4n) is 1.94. The standard InChI is InChI=1S/C17H13Cl4NO4/c1-9-4-10(18)2-3-14(9)25-8-16(24)26-7-15(23)22-17-12(20)5-11(19)6-13(17)21/h2-6H,7-8H2,1H3,(H,22,23). The summed E-state index contributed by atoms with van der Waals surface area (Å²) in [5.41, 5.74) is 0.960. The molecule has 0 spiro atoms. The van der Waals surface area contributed by atoms with Crippen LogP contribution in [0.1, 0.15) is 5.56 Å². The van der Waals surface area contributed by atoms with Crippen molar-refractivity contribution in [3.05, 3.63) is 56.0 Å². The van der Waals surface area contributed by atoms with Gasteiger partial charge >= 0.3 is 5.97 Å². The Balaban J connectivity index is 1.83. The molecule has 26 heavy (non-hydrogen) atoms. The van der Waals surface area contributed by atoms with E-state index in [9.17, 15) is 9.59 Å². The van der Waals surface area contributed by atoms with Crippen LogP contribution in [0.25, 0.3) is 0 Å². The lowest BCUT2D eigenvalue weighted by Crippen LogP contribution is -2.24. The smallest absolute Gasteiger partial charge is 0.344 e. The van der Waals surface area contributed by atoms with Crippen LogP contribution in [0.5, 0.6) is 5.75 Å². The molecule has 0 radical (unpaired) electrons. The number of carbonyl (C=O) groups excluding carboxylic acids is 2. The number of aryl methyl sites for hydroxylation is 1. The van der Waals surface area contributed by atoms with Crippen molar-refractivity contribution >= 4 is 64.0 Å². The zero-order valence-electron chi connectivity index (χ0n) is 13.4. The second kappa shape index (κ2) is 9.33. The summed E-state index contributed by atoms with van der Waals surface area (Å²) in [5.74, 6) is -0.814. The molecule has 0 saturated heterocycles. The van der Waals surface area contributed by atoms with Gasteiger partial charge in [0.1, 0.15) is 5.75 Å². The lowest BCUT2D eigenvalue weighted by molar-refractivity contribution is -0.149. The number of amides is 1. The molecule has 0 fully saturated rings. The Bertz CT molecular complexity index is 819. The topological polar surface area (TPSA) is 64.6 Å². The summed E-state index contributed by atoms with van der Waals surface area (Å²) in [7, 11) is 0. The number of hydrogen-bond acceptors (Lipinski definition) is 4. The van der Waals surface area contributed by atoms with E-state index in [0.717, 1.165) is 5.56 Å². The molecule has 2 rings (SSSR count). The van der Waals surface area contributed by atoms with Crippen LogP contribution < -0.4 is 10.1 Å². The minimum Gasteiger partial charge on any atom is -0.482 e. The zero-order chi connectivity index (χ0) is 19.3. The first-order valence-electron chi connectivity index (χ1n) is 7.25. The third-order valence-corrected chi connectivity index (χ3v) is 4.17. The summed E-state index contributed by atoms with van der Waals surface area (Å²) in [6.45, 7) is 0.925. The highest BCUT2D eigenvalue weighted by atomic mass is 35.5. The first-order valence-corrected chi connectivity index (χ1v) is 8.76. The maximum atomic E-state index is 11.9. The van der Waals surface area contributed by atoms with Gasteiger partial charge in [0.2, 0.25) is 0 Å². The molecule has 0 saturated carbocycles. The van der Waals surface area contributed by atoms with Gasteiger partial charge in [0.25, 0.3) is 5.91 Å². The van der Waals surface area contributed by atoms with Gasteiger partial charge in [-0.3, -0.25) is 4.79 Å². The number of anilines is 1. The van der Waals surface area contributed by atoms with Gasteiger partial charge in [-0.25, -0.2) is 4.79 Å². The van der Waals surface area contributed by atoms with E-state index in [1.807, 2.05) is 0 Å². The average Bonchev–Trinajstić information content (AvgIpc) is 2.55. The summed E-state index contributed by atoms with van der Waals surface area (Å²) < 4.78 is 10.2. The van der Waals surface area contributed by atoms with Gasteiger partial charge in [-0.15, -0.1) is 0 Å². The molecule has 2 aromatic rings. The fourth-order valence-corrected chi connectivity index (χ4v) is 3.07. The highest BCUT2D eigenvalue weighted by Gasteiger charge is 2.14. The van der Waals surface area contributed by atoms with Crippen molar-refractivity contribution in [2.75, 3.05) is 18.5 Å². The van der Waals surface area contributed by atoms with Crippen LogP contribution in [0.15, 0.2) is 30.3 Å². The molecule has 0 atom stereocenters. The molecule has 138 valence electrons. The molecule has 1 amide bonds. The van der Waals surface area contributed by atoms with Crippen LogP contribution in [0.3, 0.4) is 0 Å². The number of nitrogens with one attached hydrogen (secondary N) is 1. The lowest BCUT2D eigenvalue weighted by atomic mass is 10.2. The van der Waals surface area contributed by atoms with Crippen LogP contribution in [-0.4, -0.2) is 25.1 Å². The average molecular weight is 437 g/mol. The van der Waals surface area contributed by atoms with E-state index in [4.69, 9.17) is 55.9 Å². The molecule has 0 bridgehead atoms. The van der Waals surface area contributed by atoms with Crippen molar-refractivity contribution in [2.24, 2.45) is 0 Å². The molecule has 9 heteroatoms. The Morgan fingerprint density at radius 2 is 1.62 bits per heavy atom. The molecular weight excluding hydrogens is 424 g/mol. The summed E-state index contributed by atoms with van der Waals surface area (Å²) in [4.78, 5) is 23.6. The second-order valence-corrected chi connectivity index (χ2v) is 6.84. The highest BCUT2D eigenvalue weighted by Crippen LogP contribution is 2.33. The number of halogens is 4. The van der Waals surface area contributed by atoms with Gasteiger partial charge in [-0.2, -0.15) is 0 Å². The number of carbonyl (C=O) groups is 2. The minimum absolute atomic E-state index is 0.170. The first-order chi connectivity index (χ1) is 12.3. The fraction of sp³-hybridized carbons (Fsp3) is 0.176. The third kappa shape index (κ3) is 5.95. The second-order valence-electron chi connectivity index (χ2n) is 5.15. The third-order valence-electron chi connectivity index (χ3n) is 3.12. The van der Waals surface area contributed by atoms with Gasteiger partial charge in [0.15, 0.2) is 13.2 Å². The largest absolute Gasteiger partial charge is 0.482 e. The van der Waals surface area contributed by atoms with Crippen molar-refractivity contribution < 1.29 is 19.1 Å². The zero-order valence-corrected chi connectivity index (χ0v) is 16.5. The number of esters is 1. The normalized spacial score (nSPS) is 10.3. The maximum absolute atomic E-state index is 11.9. The van der Waals surface area contributed by atoms with E-state index in [-0.39, 0.29) is 22.3 Å². The van der Waals surface area contributed by atoms with Gasteiger partial charge < -0.3 is 14.8 Å². The van der Waals surface area contributed by atoms with E-state index < -0.39 is 18.5 Å². The molecule has 5 nitrogen and oxygen atoms in total. The molecule has 1 N–H and O–H groups in total. The predicted octanol–water partition coefficient (Wildman–Crippen LogP) is 5.17. The van der Waals surface area contributed by atoms with Crippen molar-refractivity contribution in [3.8, 4) is 5.75 Å². The molecule has 0 aliphatic carbocycles. The van der Waals surface area contributed by atoms with E-state index in [0.29, 0.717) is 15.8 Å². The Kier molecular flexibility index (Phi) is 7.41. The van der Waals surface area contributed by atoms with Gasteiger partial charge in [0.05, 0.1) is 15.7 Å². The van der Waals surface area contributed by atoms with E-state index in [1.165, 1.54) is 12.1 Å². The van der Waals surface area contributed by atoms with Crippen molar-refractivity contribution in [1.29, 1.82) is 0 Å². The van der Waals surface area contributed by atoms with Crippen LogP contribution >= 0.6 is 46.4 Å². The van der Waals surface area contributed by atoms with Crippen molar-refractivity contribution in [3.63, 3.8) is 0 Å². The molecule has 0 unspecified atom stereocenters. The Labute approximate surface area is 170 Å². The SMILES string of the molecule is Cc1cc(Cl)ccc1OCC(=O)OCC(=O)Nc1c(Cl)cc(Cl)cc1Cl. The minimum atomic E-state index is -0.706. The number of ether oxygens (including phenoxy) is 2. The molecular formula is C17H13Cl4NO4. The van der Waals surface area contributed by atoms with Crippen LogP contribution in [0.4, 0.5) is 5.69 Å². The Morgan fingerprint density at radius 3 is 2.23 bits per heavy atom. The summed E-state index contributed by atoms with van der Waals surface area (Å²) in [6, 6.07) is 7.84. The predicted molar refractivity (Wildman–Crippen MR) is 103 cm³/mol. The van der Waals surface area contributed by atoms with E-state index >= 15 is 0 Å². The number of benzene rings is 2. The molecule has 0 aliphatic rings. The quantitative estimate of drug-likeness (QED) is 0.634. The van der Waals surface area contributed by atoms with Gasteiger partial charge in [-0.1, -0.05) is 46.4 Å². The highest BCUT2D eigenvalue weighted by molar-refractivity contribution is 6.42. The van der Waals surface area contributed by atoms with E-state index in [1.54, 1.807) is 25.1 Å². The summed E-state index contributed by atoms with van der Waals surface area (Å²) >= 11 is 23.6. The molecule has 0 aliphatic heterocycles. The maximum Gasteiger partial charge on any atom is 0.344 e. The first kappa shape index (κ1) is 20.6. The number of hydrogen-bond donors (Lipinski definition) is 1. The summed E-state index contributed by atoms with van der Waals surface area (Å²) in [5, 5.41) is 3.69. The van der Waals surface area contributed by atoms with Crippen LogP contribution in [0, 0.1) is 6.92 Å². The van der Waals surface area contributed by atoms with Crippen molar-refractivity contribution in [2.45, 2.75) is 6.92 Å². The van der Waals surface area contributed by atoms with E-state index in [2.05, 4.69) is 5.32 Å². The molecule has 0 heterocycles.